The van der Waals surface area contributed by atoms with Gasteiger partial charge in [-0.05, 0) is 11.4 Å². The highest BCUT2D eigenvalue weighted by atomic mass is 32.1. The van der Waals surface area contributed by atoms with Crippen LogP contribution in [0.5, 0.6) is 0 Å². The Kier molecular flexibility index (Phi) is 2.61. The van der Waals surface area contributed by atoms with E-state index in [0.717, 1.165) is 31.1 Å². The van der Waals surface area contributed by atoms with Crippen LogP contribution in [0.4, 0.5) is 0 Å². The van der Waals surface area contributed by atoms with Gasteiger partial charge < -0.3 is 10.2 Å². The van der Waals surface area contributed by atoms with E-state index in [1.54, 1.807) is 0 Å². The summed E-state index contributed by atoms with van der Waals surface area (Å²) in [6.45, 7) is 3.85. The van der Waals surface area contributed by atoms with Crippen molar-refractivity contribution in [1.82, 2.24) is 4.90 Å². The van der Waals surface area contributed by atoms with E-state index in [2.05, 4.69) is 5.32 Å². The topological polar surface area (TPSA) is 36.9 Å². The minimum absolute atomic E-state index is 0.197. The highest BCUT2D eigenvalue weighted by Gasteiger charge is 2.19. The van der Waals surface area contributed by atoms with Crippen molar-refractivity contribution in [2.24, 2.45) is 0 Å². The number of hydrogen-bond acceptors (Lipinski definition) is 2. The Balaban J connectivity index is 2.04. The zero-order valence-electron chi connectivity index (χ0n) is 7.40. The van der Waals surface area contributed by atoms with Crippen molar-refractivity contribution in [2.75, 3.05) is 26.2 Å². The summed E-state index contributed by atoms with van der Waals surface area (Å²) in [5.74, 6) is 0.197. The van der Waals surface area contributed by atoms with Crippen LogP contribution < -0.4 is 5.32 Å². The van der Waals surface area contributed by atoms with E-state index in [1.165, 1.54) is 11.3 Å². The molecule has 0 bridgehead atoms. The Hall–Kier alpha value is -0.870. The normalized spacial score (nSPS) is 17.4. The fourth-order valence-electron chi connectivity index (χ4n) is 1.51. The van der Waals surface area contributed by atoms with Gasteiger partial charge in [-0.2, -0.15) is 0 Å². The lowest BCUT2D eigenvalue weighted by atomic mass is 10.3. The van der Waals surface area contributed by atoms with Crippen molar-refractivity contribution < 1.29 is 10.1 Å². The summed E-state index contributed by atoms with van der Waals surface area (Å²) in [5.41, 5.74) is 0. The third kappa shape index (κ3) is 1.89. The van der Waals surface area contributed by atoms with Gasteiger partial charge in [-0.25, -0.2) is 0 Å². The first kappa shape index (κ1) is 8.72. The van der Waals surface area contributed by atoms with E-state index in [9.17, 15) is 4.79 Å². The summed E-state index contributed by atoms with van der Waals surface area (Å²) in [7, 11) is 0. The predicted molar refractivity (Wildman–Crippen MR) is 51.9 cm³/mol. The molecule has 0 atom stereocenters. The molecule has 1 fully saturated rings. The van der Waals surface area contributed by atoms with Crippen LogP contribution in [0.2, 0.25) is 0 Å². The second kappa shape index (κ2) is 3.89. The van der Waals surface area contributed by atoms with Crippen molar-refractivity contribution >= 4 is 17.2 Å². The maximum atomic E-state index is 11.8. The summed E-state index contributed by atoms with van der Waals surface area (Å²) in [4.78, 5) is 14.6. The highest BCUT2D eigenvalue weighted by Crippen LogP contribution is 2.11. The molecule has 0 radical (unpaired) electrons. The molecule has 1 aromatic rings. The molecule has 13 heavy (non-hydrogen) atoms. The molecule has 1 aromatic heterocycles. The van der Waals surface area contributed by atoms with Crippen LogP contribution in [-0.2, 0) is 0 Å². The van der Waals surface area contributed by atoms with Crippen molar-refractivity contribution in [3.63, 3.8) is 0 Å². The lowest BCUT2D eigenvalue weighted by molar-refractivity contribution is -0.661. The van der Waals surface area contributed by atoms with Crippen LogP contribution in [0.25, 0.3) is 0 Å². The Labute approximate surface area is 81.4 Å². The predicted octanol–water partition coefficient (Wildman–Crippen LogP) is -0.233. The van der Waals surface area contributed by atoms with E-state index < -0.39 is 0 Å². The number of nitrogens with two attached hydrogens (primary N) is 1. The van der Waals surface area contributed by atoms with Gasteiger partial charge in [-0.3, -0.25) is 4.79 Å². The molecule has 1 aliphatic heterocycles. The maximum Gasteiger partial charge on any atom is 0.264 e. The molecule has 1 amide bonds. The van der Waals surface area contributed by atoms with E-state index in [0.29, 0.717) is 0 Å². The SMILES string of the molecule is O=C(c1cccs1)N1CC[NH2+]CC1. The van der Waals surface area contributed by atoms with Crippen molar-refractivity contribution in [2.45, 2.75) is 0 Å². The minimum atomic E-state index is 0.197. The van der Waals surface area contributed by atoms with Gasteiger partial charge in [0.05, 0.1) is 31.1 Å². The van der Waals surface area contributed by atoms with Crippen molar-refractivity contribution in [3.05, 3.63) is 22.4 Å². The molecule has 0 aromatic carbocycles. The van der Waals surface area contributed by atoms with Crippen LogP contribution in [0.3, 0.4) is 0 Å². The molecular weight excluding hydrogens is 184 g/mol. The molecule has 3 nitrogen and oxygen atoms in total. The van der Waals surface area contributed by atoms with Gasteiger partial charge >= 0.3 is 0 Å². The Morgan fingerprint density at radius 3 is 2.85 bits per heavy atom. The number of quaternary nitrogens is 1. The molecule has 2 N–H and O–H groups in total. The molecule has 0 unspecified atom stereocenters. The van der Waals surface area contributed by atoms with E-state index in [1.807, 2.05) is 22.4 Å². The van der Waals surface area contributed by atoms with Gasteiger partial charge in [0, 0.05) is 0 Å². The molecule has 70 valence electrons. The van der Waals surface area contributed by atoms with Gasteiger partial charge in [0.25, 0.3) is 5.91 Å². The van der Waals surface area contributed by atoms with Crippen molar-refractivity contribution in [3.8, 4) is 0 Å². The number of hydrogen-bond donors (Lipinski definition) is 1. The van der Waals surface area contributed by atoms with Crippen molar-refractivity contribution in [1.29, 1.82) is 0 Å². The van der Waals surface area contributed by atoms with Crippen LogP contribution >= 0.6 is 11.3 Å². The molecule has 0 saturated carbocycles. The second-order valence-corrected chi connectivity index (χ2v) is 4.08. The fraction of sp³-hybridized carbons (Fsp3) is 0.444. The third-order valence-corrected chi connectivity index (χ3v) is 3.08. The standard InChI is InChI=1S/C9H12N2OS/c12-9(8-2-1-7-13-8)11-5-3-10-4-6-11/h1-2,7,10H,3-6H2/p+1. The van der Waals surface area contributed by atoms with Crippen LogP contribution in [0, 0.1) is 0 Å². The zero-order valence-corrected chi connectivity index (χ0v) is 8.22. The highest BCUT2D eigenvalue weighted by molar-refractivity contribution is 7.12. The lowest BCUT2D eigenvalue weighted by Crippen LogP contribution is -2.89. The Morgan fingerprint density at radius 2 is 2.23 bits per heavy atom. The Bertz CT molecular complexity index is 278. The molecule has 2 rings (SSSR count). The molecule has 4 heteroatoms. The molecule has 0 spiro atoms. The average Bonchev–Trinajstić information content (AvgIpc) is 2.71. The number of rotatable bonds is 1. The first-order valence-electron chi connectivity index (χ1n) is 4.52. The fourth-order valence-corrected chi connectivity index (χ4v) is 2.20. The minimum Gasteiger partial charge on any atom is -0.343 e. The number of nitrogens with zero attached hydrogens (tertiary/aromatic N) is 1. The average molecular weight is 197 g/mol. The number of piperazine rings is 1. The van der Waals surface area contributed by atoms with Gasteiger partial charge in [0.2, 0.25) is 0 Å². The van der Waals surface area contributed by atoms with E-state index >= 15 is 0 Å². The summed E-state index contributed by atoms with van der Waals surface area (Å²) in [5, 5.41) is 4.20. The second-order valence-electron chi connectivity index (χ2n) is 3.14. The van der Waals surface area contributed by atoms with Gasteiger partial charge in [0.1, 0.15) is 0 Å². The zero-order chi connectivity index (χ0) is 9.10. The lowest BCUT2D eigenvalue weighted by Gasteiger charge is -2.24. The van der Waals surface area contributed by atoms with Gasteiger partial charge in [0.15, 0.2) is 0 Å². The number of thiophene rings is 1. The summed E-state index contributed by atoms with van der Waals surface area (Å²) < 4.78 is 0. The first-order chi connectivity index (χ1) is 6.38. The van der Waals surface area contributed by atoms with Crippen LogP contribution in [0.1, 0.15) is 9.67 Å². The van der Waals surface area contributed by atoms with Crippen LogP contribution in [0.15, 0.2) is 17.5 Å². The van der Waals surface area contributed by atoms with Gasteiger partial charge in [-0.1, -0.05) is 6.07 Å². The number of amides is 1. The molecule has 2 heterocycles. The maximum absolute atomic E-state index is 11.8. The summed E-state index contributed by atoms with van der Waals surface area (Å²) in [6.07, 6.45) is 0. The Morgan fingerprint density at radius 1 is 1.46 bits per heavy atom. The summed E-state index contributed by atoms with van der Waals surface area (Å²) in [6, 6.07) is 3.82. The van der Waals surface area contributed by atoms with Crippen LogP contribution in [-0.4, -0.2) is 37.0 Å². The smallest absolute Gasteiger partial charge is 0.264 e. The first-order valence-corrected chi connectivity index (χ1v) is 5.40. The quantitative estimate of drug-likeness (QED) is 0.663. The van der Waals surface area contributed by atoms with E-state index in [4.69, 9.17) is 0 Å². The molecule has 1 saturated heterocycles. The number of carbonyl (C=O) groups is 1. The summed E-state index contributed by atoms with van der Waals surface area (Å²) >= 11 is 1.52. The van der Waals surface area contributed by atoms with E-state index in [-0.39, 0.29) is 5.91 Å². The number of carbonyl (C=O) groups excluding carboxylic acids is 1. The van der Waals surface area contributed by atoms with Gasteiger partial charge in [-0.15, -0.1) is 11.3 Å². The molecule has 1 aliphatic rings. The molecule has 0 aliphatic carbocycles. The largest absolute Gasteiger partial charge is 0.343 e. The monoisotopic (exact) mass is 197 g/mol. The molecular formula is C9H13N2OS+. The third-order valence-electron chi connectivity index (χ3n) is 2.23.